The molecule has 8 nitrogen and oxygen atoms in total. The lowest BCUT2D eigenvalue weighted by atomic mass is 10.1. The molecular weight excluding hydrogens is 432 g/mol. The molecule has 1 atom stereocenters. The first-order valence-corrected chi connectivity index (χ1v) is 11.9. The number of para-hydroxylation sites is 1. The molecule has 2 aromatic rings. The fourth-order valence-corrected chi connectivity index (χ4v) is 4.37. The van der Waals surface area contributed by atoms with Crippen LogP contribution in [0, 0.1) is 0 Å². The van der Waals surface area contributed by atoms with Crippen LogP contribution < -0.4 is 10.2 Å². The summed E-state index contributed by atoms with van der Waals surface area (Å²) in [5.41, 5.74) is 1.88. The Hall–Kier alpha value is -3.39. The maximum absolute atomic E-state index is 13.2. The van der Waals surface area contributed by atoms with E-state index >= 15 is 0 Å². The first kappa shape index (κ1) is 23.8. The molecule has 3 amide bonds. The van der Waals surface area contributed by atoms with Crippen molar-refractivity contribution < 1.29 is 19.5 Å². The number of piperazine rings is 1. The van der Waals surface area contributed by atoms with Gasteiger partial charge in [0, 0.05) is 57.3 Å². The maximum atomic E-state index is 13.2. The van der Waals surface area contributed by atoms with Crippen molar-refractivity contribution in [3.8, 4) is 0 Å². The summed E-state index contributed by atoms with van der Waals surface area (Å²) in [6.45, 7) is 2.52. The molecular formula is C26H32N4O4. The molecule has 1 heterocycles. The Kier molecular flexibility index (Phi) is 7.80. The van der Waals surface area contributed by atoms with E-state index in [1.165, 1.54) is 10.5 Å². The van der Waals surface area contributed by atoms with E-state index in [2.05, 4.69) is 22.3 Å². The summed E-state index contributed by atoms with van der Waals surface area (Å²) >= 11 is 0. The Morgan fingerprint density at radius 1 is 0.941 bits per heavy atom. The molecule has 1 aliphatic carbocycles. The molecule has 0 radical (unpaired) electrons. The second kappa shape index (κ2) is 11.2. The summed E-state index contributed by atoms with van der Waals surface area (Å²) in [5, 5.41) is 12.7. The van der Waals surface area contributed by atoms with Crippen molar-refractivity contribution in [2.24, 2.45) is 0 Å². The molecule has 0 unspecified atom stereocenters. The summed E-state index contributed by atoms with van der Waals surface area (Å²) in [6, 6.07) is 19.2. The van der Waals surface area contributed by atoms with Gasteiger partial charge < -0.3 is 20.2 Å². The van der Waals surface area contributed by atoms with Crippen molar-refractivity contribution in [2.75, 3.05) is 31.1 Å². The van der Waals surface area contributed by atoms with Crippen molar-refractivity contribution in [2.45, 2.75) is 44.3 Å². The predicted molar refractivity (Wildman–Crippen MR) is 129 cm³/mol. The number of amides is 3. The van der Waals surface area contributed by atoms with Crippen LogP contribution in [0.3, 0.4) is 0 Å². The molecule has 2 N–H and O–H groups in total. The molecule has 0 aromatic heterocycles. The number of nitrogens with one attached hydrogen (secondary N) is 1. The molecule has 1 saturated carbocycles. The Balaban J connectivity index is 1.46. The highest BCUT2D eigenvalue weighted by atomic mass is 16.4. The van der Waals surface area contributed by atoms with Gasteiger partial charge in [0.05, 0.1) is 6.04 Å². The SMILES string of the molecule is O=C(CCC(=O)N(C[C@@H]1CN(Cc2ccccc2)CCN1C(=O)O)c1ccccc1)NC1CC1. The van der Waals surface area contributed by atoms with E-state index in [1.807, 2.05) is 48.5 Å². The topological polar surface area (TPSA) is 93.2 Å². The minimum absolute atomic E-state index is 0.0843. The molecule has 180 valence electrons. The Morgan fingerprint density at radius 3 is 2.26 bits per heavy atom. The van der Waals surface area contributed by atoms with Crippen LogP contribution in [0.2, 0.25) is 0 Å². The lowest BCUT2D eigenvalue weighted by Crippen LogP contribution is -2.58. The van der Waals surface area contributed by atoms with Gasteiger partial charge in [-0.15, -0.1) is 0 Å². The van der Waals surface area contributed by atoms with Crippen LogP contribution in [0.1, 0.15) is 31.2 Å². The molecule has 4 rings (SSSR count). The van der Waals surface area contributed by atoms with E-state index in [4.69, 9.17) is 0 Å². The van der Waals surface area contributed by atoms with Crippen LogP contribution in [0.5, 0.6) is 0 Å². The quantitative estimate of drug-likeness (QED) is 0.595. The number of carbonyl (C=O) groups excluding carboxylic acids is 2. The standard InChI is InChI=1S/C26H32N4O4/c31-24(27-21-11-12-21)13-14-25(32)30(22-9-5-2-6-10-22)19-23-18-28(15-16-29(23)26(33)34)17-20-7-3-1-4-8-20/h1-10,21,23H,11-19H2,(H,27,31)(H,33,34)/t23-/m0/s1. The monoisotopic (exact) mass is 464 g/mol. The first-order valence-electron chi connectivity index (χ1n) is 11.9. The van der Waals surface area contributed by atoms with Crippen molar-refractivity contribution in [3.63, 3.8) is 0 Å². The van der Waals surface area contributed by atoms with E-state index in [9.17, 15) is 19.5 Å². The van der Waals surface area contributed by atoms with Gasteiger partial charge in [0.25, 0.3) is 0 Å². The highest BCUT2D eigenvalue weighted by Gasteiger charge is 2.33. The average Bonchev–Trinajstić information content (AvgIpc) is 3.66. The highest BCUT2D eigenvalue weighted by Crippen LogP contribution is 2.21. The number of hydrogen-bond donors (Lipinski definition) is 2. The van der Waals surface area contributed by atoms with Gasteiger partial charge in [-0.3, -0.25) is 14.5 Å². The highest BCUT2D eigenvalue weighted by molar-refractivity contribution is 5.95. The first-order chi connectivity index (χ1) is 16.5. The summed E-state index contributed by atoms with van der Waals surface area (Å²) in [6.07, 6.45) is 1.24. The number of benzene rings is 2. The summed E-state index contributed by atoms with van der Waals surface area (Å²) in [7, 11) is 0. The van der Waals surface area contributed by atoms with Crippen molar-refractivity contribution in [1.82, 2.24) is 15.1 Å². The van der Waals surface area contributed by atoms with Crippen LogP contribution in [0.15, 0.2) is 60.7 Å². The summed E-state index contributed by atoms with van der Waals surface area (Å²) in [4.78, 5) is 42.7. The third-order valence-corrected chi connectivity index (χ3v) is 6.33. The van der Waals surface area contributed by atoms with Gasteiger partial charge in [0.1, 0.15) is 0 Å². The van der Waals surface area contributed by atoms with Crippen LogP contribution in [0.25, 0.3) is 0 Å². The molecule has 0 bridgehead atoms. The number of hydrogen-bond acceptors (Lipinski definition) is 4. The molecule has 8 heteroatoms. The second-order valence-electron chi connectivity index (χ2n) is 9.03. The molecule has 1 saturated heterocycles. The maximum Gasteiger partial charge on any atom is 0.407 e. The lowest BCUT2D eigenvalue weighted by molar-refractivity contribution is -0.125. The Bertz CT molecular complexity index is 981. The van der Waals surface area contributed by atoms with Gasteiger partial charge in [0.2, 0.25) is 11.8 Å². The number of carbonyl (C=O) groups is 3. The third-order valence-electron chi connectivity index (χ3n) is 6.33. The minimum Gasteiger partial charge on any atom is -0.465 e. The average molecular weight is 465 g/mol. The van der Waals surface area contributed by atoms with Gasteiger partial charge in [0.15, 0.2) is 0 Å². The van der Waals surface area contributed by atoms with Gasteiger partial charge in [-0.2, -0.15) is 0 Å². The zero-order chi connectivity index (χ0) is 23.9. The van der Waals surface area contributed by atoms with Crippen LogP contribution in [0.4, 0.5) is 10.5 Å². The Morgan fingerprint density at radius 2 is 1.62 bits per heavy atom. The van der Waals surface area contributed by atoms with Gasteiger partial charge in [-0.25, -0.2) is 4.79 Å². The molecule has 2 aromatic carbocycles. The lowest BCUT2D eigenvalue weighted by Gasteiger charge is -2.42. The van der Waals surface area contributed by atoms with E-state index in [-0.39, 0.29) is 43.3 Å². The minimum atomic E-state index is -0.978. The smallest absolute Gasteiger partial charge is 0.407 e. The van der Waals surface area contributed by atoms with Gasteiger partial charge >= 0.3 is 6.09 Å². The van der Waals surface area contributed by atoms with Crippen LogP contribution in [-0.2, 0) is 16.1 Å². The van der Waals surface area contributed by atoms with Gasteiger partial charge in [-0.05, 0) is 30.5 Å². The fraction of sp³-hybridized carbons (Fsp3) is 0.423. The zero-order valence-electron chi connectivity index (χ0n) is 19.3. The number of anilines is 1. The third kappa shape index (κ3) is 6.57. The largest absolute Gasteiger partial charge is 0.465 e. The van der Waals surface area contributed by atoms with E-state index < -0.39 is 6.09 Å². The number of carboxylic acid groups (broad SMARTS) is 1. The van der Waals surface area contributed by atoms with Crippen LogP contribution in [-0.4, -0.2) is 71.1 Å². The number of rotatable bonds is 9. The van der Waals surface area contributed by atoms with Crippen LogP contribution >= 0.6 is 0 Å². The van der Waals surface area contributed by atoms with Gasteiger partial charge in [-0.1, -0.05) is 48.5 Å². The Labute approximate surface area is 200 Å². The fourth-order valence-electron chi connectivity index (χ4n) is 4.37. The molecule has 34 heavy (non-hydrogen) atoms. The van der Waals surface area contributed by atoms with Crippen molar-refractivity contribution in [1.29, 1.82) is 0 Å². The van der Waals surface area contributed by atoms with Crippen molar-refractivity contribution >= 4 is 23.6 Å². The normalized spacial score (nSPS) is 18.4. The zero-order valence-corrected chi connectivity index (χ0v) is 19.3. The predicted octanol–water partition coefficient (Wildman–Crippen LogP) is 2.94. The van der Waals surface area contributed by atoms with E-state index in [1.54, 1.807) is 4.90 Å². The molecule has 0 spiro atoms. The molecule has 2 aliphatic rings. The molecule has 1 aliphatic heterocycles. The summed E-state index contributed by atoms with van der Waals surface area (Å²) in [5.74, 6) is -0.287. The molecule has 2 fully saturated rings. The van der Waals surface area contributed by atoms with E-state index in [0.29, 0.717) is 25.3 Å². The summed E-state index contributed by atoms with van der Waals surface area (Å²) < 4.78 is 0. The second-order valence-corrected chi connectivity index (χ2v) is 9.03. The number of nitrogens with zero attached hydrogens (tertiary/aromatic N) is 3. The van der Waals surface area contributed by atoms with E-state index in [0.717, 1.165) is 19.4 Å². The van der Waals surface area contributed by atoms with Crippen molar-refractivity contribution in [3.05, 3.63) is 66.2 Å².